The van der Waals surface area contributed by atoms with Crippen molar-refractivity contribution in [2.75, 3.05) is 0 Å². The molecule has 0 unspecified atom stereocenters. The summed E-state index contributed by atoms with van der Waals surface area (Å²) < 4.78 is 0. The second kappa shape index (κ2) is 9.70. The van der Waals surface area contributed by atoms with E-state index in [1.54, 1.807) is 0 Å². The Kier molecular flexibility index (Phi) is 16.9. The van der Waals surface area contributed by atoms with E-state index in [9.17, 15) is 0 Å². The van der Waals surface area contributed by atoms with Crippen LogP contribution in [0.1, 0.15) is 0 Å². The second-order valence-corrected chi connectivity index (χ2v) is 7.87. The van der Waals surface area contributed by atoms with Crippen molar-refractivity contribution in [2.24, 2.45) is 0 Å². The third-order valence-electron chi connectivity index (χ3n) is 0. The molecule has 0 bridgehead atoms. The molecular weight excluding hydrogens is 177 g/mol. The molecule has 0 atom stereocenters. The fourth-order valence-corrected chi connectivity index (χ4v) is 0. The molecule has 0 radical (unpaired) electrons. The van der Waals surface area contributed by atoms with Crippen molar-refractivity contribution in [1.29, 1.82) is 0 Å². The molecule has 0 saturated carbocycles. The molecule has 0 aromatic carbocycles. The van der Waals surface area contributed by atoms with Crippen molar-refractivity contribution in [3.05, 3.63) is 0 Å². The van der Waals surface area contributed by atoms with Gasteiger partial charge in [-0.25, -0.2) is 0 Å². The predicted octanol–water partition coefficient (Wildman–Crippen LogP) is 2.40. The molecule has 0 saturated heterocycles. The summed E-state index contributed by atoms with van der Waals surface area (Å²) >= 11 is 0. The van der Waals surface area contributed by atoms with E-state index in [-0.39, 0.29) is 0 Å². The van der Waals surface area contributed by atoms with Crippen LogP contribution in [0.4, 0.5) is 0 Å². The van der Waals surface area contributed by atoms with Gasteiger partial charge in [0.05, 0.1) is 0 Å². The predicted molar refractivity (Wildman–Crippen MR) is 27.9 cm³/mol. The first-order chi connectivity index (χ1) is 2.73. The van der Waals surface area contributed by atoms with Crippen molar-refractivity contribution < 1.29 is 15.3 Å². The standard InChI is InChI=1S/CH2O.Fe.3P/c1-2;;;;/h1H2;;;;. The fraction of sp³-hybridized carbons (Fsp3) is 0. The summed E-state index contributed by atoms with van der Waals surface area (Å²) in [5.41, 5.74) is 0. The topological polar surface area (TPSA) is 17.1 Å². The zero-order valence-electron chi connectivity index (χ0n) is 2.81. The Morgan fingerprint density at radius 1 is 1.17 bits per heavy atom. The van der Waals surface area contributed by atoms with Crippen LogP contribution in [-0.2, 0) is 15.3 Å². The Hall–Kier alpha value is 1.48. The van der Waals surface area contributed by atoms with Gasteiger partial charge in [0, 0.05) is 0 Å². The quantitative estimate of drug-likeness (QED) is 0.412. The number of hydrogen-bond acceptors (Lipinski definition) is 1. The summed E-state index contributed by atoms with van der Waals surface area (Å²) in [6.07, 6.45) is 0. The monoisotopic (exact) mass is 179 g/mol. The maximum atomic E-state index is 8.00. The molecule has 0 aliphatic heterocycles. The molecule has 5 heteroatoms. The molecule has 0 heterocycles. The summed E-state index contributed by atoms with van der Waals surface area (Å²) in [5.74, 6) is 0. The van der Waals surface area contributed by atoms with Gasteiger partial charge < -0.3 is 4.79 Å². The number of rotatable bonds is 0. The summed E-state index contributed by atoms with van der Waals surface area (Å²) in [7, 11) is 10.7. The zero-order valence-corrected chi connectivity index (χ0v) is 6.60. The van der Waals surface area contributed by atoms with E-state index in [0.717, 1.165) is 0 Å². The van der Waals surface area contributed by atoms with Crippen molar-refractivity contribution in [3.63, 3.8) is 0 Å². The number of carbonyl (C=O) groups is 1. The van der Waals surface area contributed by atoms with Gasteiger partial charge >= 0.3 is 32.3 Å². The van der Waals surface area contributed by atoms with Gasteiger partial charge in [-0.05, 0) is 0 Å². The van der Waals surface area contributed by atoms with E-state index >= 15 is 0 Å². The summed E-state index contributed by atoms with van der Waals surface area (Å²) in [5, 5.41) is 0. The SMILES string of the molecule is C=O.[P]#[Fe](#[P])#[P]. The van der Waals surface area contributed by atoms with Crippen LogP contribution in [0.15, 0.2) is 0 Å². The Bertz CT molecular complexity index is 239. The average molecular weight is 179 g/mol. The first kappa shape index (κ1) is 10.5. The van der Waals surface area contributed by atoms with Crippen LogP contribution in [0.2, 0.25) is 0 Å². The van der Waals surface area contributed by atoms with E-state index < -0.39 is 10.5 Å². The summed E-state index contributed by atoms with van der Waals surface area (Å²) in [4.78, 5) is 8.00. The molecule has 6 heavy (non-hydrogen) atoms. The van der Waals surface area contributed by atoms with Crippen LogP contribution >= 0.6 is 21.8 Å². The van der Waals surface area contributed by atoms with E-state index in [4.69, 9.17) is 4.79 Å². The minimum atomic E-state index is -0.667. The molecule has 0 spiro atoms. The molecule has 0 amide bonds. The van der Waals surface area contributed by atoms with Gasteiger partial charge in [0.1, 0.15) is 6.79 Å². The molecule has 0 aromatic rings. The van der Waals surface area contributed by atoms with E-state index in [2.05, 4.69) is 21.8 Å². The molecule has 0 N–H and O–H groups in total. The number of hydrogen-bond donors (Lipinski definition) is 0. The summed E-state index contributed by atoms with van der Waals surface area (Å²) in [6.45, 7) is 2.00. The number of carbonyl (C=O) groups excluding carboxylic acids is 1. The van der Waals surface area contributed by atoms with E-state index in [0.29, 0.717) is 0 Å². The van der Waals surface area contributed by atoms with Gasteiger partial charge in [-0.15, -0.1) is 0 Å². The first-order valence-corrected chi connectivity index (χ1v) is 6.16. The Morgan fingerprint density at radius 3 is 1.17 bits per heavy atom. The molecule has 0 aromatic heterocycles. The minimum absolute atomic E-state index is 0.667. The first-order valence-electron chi connectivity index (χ1n) is 0.763. The molecule has 0 rings (SSSR count). The average Bonchev–Trinajstić information content (AvgIpc) is 1.41. The van der Waals surface area contributed by atoms with Crippen molar-refractivity contribution in [1.82, 2.24) is 0 Å². The van der Waals surface area contributed by atoms with Crippen molar-refractivity contribution >= 4 is 28.6 Å². The molecule has 35 valence electrons. The Balaban J connectivity index is 0. The van der Waals surface area contributed by atoms with Crippen LogP contribution in [0.5, 0.6) is 0 Å². The molecule has 0 fully saturated rings. The van der Waals surface area contributed by atoms with Crippen LogP contribution in [0.3, 0.4) is 0 Å². The Labute approximate surface area is 44.3 Å². The zero-order chi connectivity index (χ0) is 5.58. The van der Waals surface area contributed by atoms with Gasteiger partial charge in [0.2, 0.25) is 0 Å². The summed E-state index contributed by atoms with van der Waals surface area (Å²) in [6, 6.07) is 0. The molecular formula is CH2FeOP3. The maximum absolute atomic E-state index is 8.00. The molecule has 1 nitrogen and oxygen atoms in total. The molecule has 0 aliphatic carbocycles. The van der Waals surface area contributed by atoms with Crippen molar-refractivity contribution in [2.45, 2.75) is 0 Å². The normalized spacial score (nSPS) is 4.17. The Morgan fingerprint density at radius 2 is 1.17 bits per heavy atom. The van der Waals surface area contributed by atoms with Crippen LogP contribution in [0, 0.1) is 0 Å². The van der Waals surface area contributed by atoms with Gasteiger partial charge in [-0.3, -0.25) is 0 Å². The fourth-order valence-electron chi connectivity index (χ4n) is 0. The van der Waals surface area contributed by atoms with Gasteiger partial charge in [0.25, 0.3) is 0 Å². The van der Waals surface area contributed by atoms with Crippen LogP contribution in [0.25, 0.3) is 0 Å². The van der Waals surface area contributed by atoms with Crippen LogP contribution in [-0.4, -0.2) is 6.79 Å². The van der Waals surface area contributed by atoms with Crippen LogP contribution < -0.4 is 0 Å². The second-order valence-electron chi connectivity index (χ2n) is 0.212. The van der Waals surface area contributed by atoms with Gasteiger partial charge in [0.15, 0.2) is 0 Å². The van der Waals surface area contributed by atoms with E-state index in [1.807, 2.05) is 6.79 Å². The van der Waals surface area contributed by atoms with E-state index in [1.165, 1.54) is 0 Å². The molecule has 0 aliphatic rings. The van der Waals surface area contributed by atoms with Crippen molar-refractivity contribution in [3.8, 4) is 0 Å². The third-order valence-corrected chi connectivity index (χ3v) is 0. The van der Waals surface area contributed by atoms with Gasteiger partial charge in [-0.2, -0.15) is 0 Å². The van der Waals surface area contributed by atoms with Gasteiger partial charge in [-0.1, -0.05) is 0 Å². The third kappa shape index (κ3) is 50.2.